The fraction of sp³-hybridized carbons (Fsp3) is 0.800. The second-order valence-electron chi connectivity index (χ2n) is 4.05. The van der Waals surface area contributed by atoms with Gasteiger partial charge in [-0.1, -0.05) is 19.3 Å². The Kier molecular flexibility index (Phi) is 4.39. The van der Waals surface area contributed by atoms with Gasteiger partial charge in [0.25, 0.3) is 0 Å². The van der Waals surface area contributed by atoms with Crippen LogP contribution in [0, 0.1) is 5.92 Å². The second kappa shape index (κ2) is 5.58. The van der Waals surface area contributed by atoms with Crippen LogP contribution in [0.15, 0.2) is 0 Å². The SMILES string of the molecule is C[C@@H](NC(=O)NCCC1CCC1)C(=O)O. The third kappa shape index (κ3) is 4.18. The first-order valence-electron chi connectivity index (χ1n) is 5.36. The lowest BCUT2D eigenvalue weighted by molar-refractivity contribution is -0.138. The van der Waals surface area contributed by atoms with Gasteiger partial charge < -0.3 is 15.7 Å². The smallest absolute Gasteiger partial charge is 0.325 e. The molecule has 0 spiro atoms. The minimum absolute atomic E-state index is 0.399. The minimum Gasteiger partial charge on any atom is -0.480 e. The lowest BCUT2D eigenvalue weighted by Crippen LogP contribution is -2.44. The van der Waals surface area contributed by atoms with Gasteiger partial charge in [0, 0.05) is 6.54 Å². The molecule has 5 nitrogen and oxygen atoms in total. The topological polar surface area (TPSA) is 78.4 Å². The molecule has 0 unspecified atom stereocenters. The lowest BCUT2D eigenvalue weighted by atomic mass is 9.83. The van der Waals surface area contributed by atoms with E-state index in [0.717, 1.165) is 12.3 Å². The maximum atomic E-state index is 11.2. The number of rotatable bonds is 5. The maximum Gasteiger partial charge on any atom is 0.325 e. The summed E-state index contributed by atoms with van der Waals surface area (Å²) in [5.41, 5.74) is 0. The molecule has 1 rings (SSSR count). The number of amides is 2. The van der Waals surface area contributed by atoms with Crippen molar-refractivity contribution in [2.75, 3.05) is 6.54 Å². The summed E-state index contributed by atoms with van der Waals surface area (Å²) in [4.78, 5) is 21.6. The van der Waals surface area contributed by atoms with E-state index in [9.17, 15) is 9.59 Å². The Bertz CT molecular complexity index is 239. The Morgan fingerprint density at radius 2 is 2.13 bits per heavy atom. The molecular formula is C10H18N2O3. The fourth-order valence-electron chi connectivity index (χ4n) is 1.48. The number of carbonyl (C=O) groups excluding carboxylic acids is 1. The van der Waals surface area contributed by atoms with Gasteiger partial charge in [-0.2, -0.15) is 0 Å². The molecular weight excluding hydrogens is 196 g/mol. The summed E-state index contributed by atoms with van der Waals surface area (Å²) in [6.45, 7) is 2.07. The van der Waals surface area contributed by atoms with Gasteiger partial charge in [0.1, 0.15) is 6.04 Å². The summed E-state index contributed by atoms with van der Waals surface area (Å²) in [6, 6.07) is -1.24. The minimum atomic E-state index is -1.02. The number of aliphatic carboxylic acids is 1. The van der Waals surface area contributed by atoms with E-state index < -0.39 is 18.0 Å². The Labute approximate surface area is 89.2 Å². The monoisotopic (exact) mass is 214 g/mol. The Morgan fingerprint density at radius 3 is 2.60 bits per heavy atom. The Hall–Kier alpha value is -1.26. The van der Waals surface area contributed by atoms with E-state index in [1.54, 1.807) is 0 Å². The summed E-state index contributed by atoms with van der Waals surface area (Å²) < 4.78 is 0. The Balaban J connectivity index is 2.04. The van der Waals surface area contributed by atoms with E-state index in [0.29, 0.717) is 6.54 Å². The number of hydrogen-bond donors (Lipinski definition) is 3. The third-order valence-corrected chi connectivity index (χ3v) is 2.78. The van der Waals surface area contributed by atoms with E-state index in [2.05, 4.69) is 10.6 Å². The molecule has 1 aliphatic rings. The van der Waals surface area contributed by atoms with Crippen molar-refractivity contribution in [2.45, 2.75) is 38.6 Å². The first-order valence-corrected chi connectivity index (χ1v) is 5.36. The first kappa shape index (κ1) is 11.8. The number of urea groups is 1. The molecule has 0 bridgehead atoms. The van der Waals surface area contributed by atoms with E-state index in [1.807, 2.05) is 0 Å². The third-order valence-electron chi connectivity index (χ3n) is 2.78. The number of nitrogens with one attached hydrogen (secondary N) is 2. The van der Waals surface area contributed by atoms with Crippen LogP contribution in [0.25, 0.3) is 0 Å². The first-order chi connectivity index (χ1) is 7.09. The van der Waals surface area contributed by atoms with Crippen LogP contribution in [0.4, 0.5) is 4.79 Å². The molecule has 3 N–H and O–H groups in total. The lowest BCUT2D eigenvalue weighted by Gasteiger charge is -2.25. The molecule has 0 heterocycles. The zero-order valence-electron chi connectivity index (χ0n) is 8.95. The van der Waals surface area contributed by atoms with Gasteiger partial charge in [0.05, 0.1) is 0 Å². The van der Waals surface area contributed by atoms with E-state index in [4.69, 9.17) is 5.11 Å². The van der Waals surface area contributed by atoms with Crippen LogP contribution in [0.2, 0.25) is 0 Å². The highest BCUT2D eigenvalue weighted by Crippen LogP contribution is 2.28. The molecule has 1 fully saturated rings. The second-order valence-corrected chi connectivity index (χ2v) is 4.05. The average Bonchev–Trinajstić information content (AvgIpc) is 2.09. The van der Waals surface area contributed by atoms with Crippen molar-refractivity contribution in [3.05, 3.63) is 0 Å². The van der Waals surface area contributed by atoms with Crippen molar-refractivity contribution < 1.29 is 14.7 Å². The van der Waals surface area contributed by atoms with Gasteiger partial charge in [-0.15, -0.1) is 0 Å². The molecule has 0 aromatic carbocycles. The van der Waals surface area contributed by atoms with Crippen molar-refractivity contribution in [1.82, 2.24) is 10.6 Å². The molecule has 15 heavy (non-hydrogen) atoms. The average molecular weight is 214 g/mol. The van der Waals surface area contributed by atoms with Crippen LogP contribution in [-0.4, -0.2) is 29.7 Å². The predicted octanol–water partition coefficient (Wildman–Crippen LogP) is 0.949. The standard InChI is InChI=1S/C10H18N2O3/c1-7(9(13)14)12-10(15)11-6-5-8-3-2-4-8/h7-8H,2-6H2,1H3,(H,13,14)(H2,11,12,15)/t7-/m1/s1. The van der Waals surface area contributed by atoms with Gasteiger partial charge in [-0.3, -0.25) is 4.79 Å². The molecule has 86 valence electrons. The van der Waals surface area contributed by atoms with Crippen molar-refractivity contribution in [1.29, 1.82) is 0 Å². The molecule has 0 aliphatic heterocycles. The van der Waals surface area contributed by atoms with E-state index in [-0.39, 0.29) is 0 Å². The van der Waals surface area contributed by atoms with Crippen molar-refractivity contribution in [3.63, 3.8) is 0 Å². The molecule has 0 aromatic heterocycles. The van der Waals surface area contributed by atoms with Gasteiger partial charge in [-0.25, -0.2) is 4.79 Å². The predicted molar refractivity (Wildman–Crippen MR) is 55.6 cm³/mol. The van der Waals surface area contributed by atoms with Gasteiger partial charge in [0.2, 0.25) is 0 Å². The molecule has 1 aliphatic carbocycles. The normalized spacial score (nSPS) is 17.7. The molecule has 5 heteroatoms. The van der Waals surface area contributed by atoms with E-state index >= 15 is 0 Å². The van der Waals surface area contributed by atoms with Crippen LogP contribution in [0.1, 0.15) is 32.6 Å². The summed E-state index contributed by atoms with van der Waals surface area (Å²) in [5.74, 6) is -0.272. The molecule has 0 saturated heterocycles. The quantitative estimate of drug-likeness (QED) is 0.637. The zero-order chi connectivity index (χ0) is 11.3. The highest BCUT2D eigenvalue weighted by molar-refractivity contribution is 5.82. The highest BCUT2D eigenvalue weighted by atomic mass is 16.4. The number of carboxylic acids is 1. The van der Waals surface area contributed by atoms with Crippen molar-refractivity contribution in [3.8, 4) is 0 Å². The zero-order valence-corrected chi connectivity index (χ0v) is 8.95. The largest absolute Gasteiger partial charge is 0.480 e. The van der Waals surface area contributed by atoms with Crippen LogP contribution >= 0.6 is 0 Å². The molecule has 1 atom stereocenters. The fourth-order valence-corrected chi connectivity index (χ4v) is 1.48. The molecule has 0 aromatic rings. The highest BCUT2D eigenvalue weighted by Gasteiger charge is 2.17. The number of hydrogen-bond acceptors (Lipinski definition) is 2. The maximum absolute atomic E-state index is 11.2. The summed E-state index contributed by atoms with van der Waals surface area (Å²) >= 11 is 0. The van der Waals surface area contributed by atoms with Gasteiger partial charge >= 0.3 is 12.0 Å². The van der Waals surface area contributed by atoms with Crippen LogP contribution in [0.3, 0.4) is 0 Å². The van der Waals surface area contributed by atoms with Crippen LogP contribution in [0.5, 0.6) is 0 Å². The summed E-state index contributed by atoms with van der Waals surface area (Å²) in [5, 5.41) is 13.5. The van der Waals surface area contributed by atoms with Crippen molar-refractivity contribution >= 4 is 12.0 Å². The summed E-state index contributed by atoms with van der Waals surface area (Å²) in [7, 11) is 0. The molecule has 1 saturated carbocycles. The van der Waals surface area contributed by atoms with E-state index in [1.165, 1.54) is 26.2 Å². The van der Waals surface area contributed by atoms with Crippen LogP contribution in [-0.2, 0) is 4.79 Å². The van der Waals surface area contributed by atoms with Crippen molar-refractivity contribution in [2.24, 2.45) is 5.92 Å². The van der Waals surface area contributed by atoms with Gasteiger partial charge in [0.15, 0.2) is 0 Å². The van der Waals surface area contributed by atoms with Crippen LogP contribution < -0.4 is 10.6 Å². The molecule has 2 amide bonds. The summed E-state index contributed by atoms with van der Waals surface area (Å²) in [6.07, 6.45) is 4.81. The van der Waals surface area contributed by atoms with Gasteiger partial charge in [-0.05, 0) is 19.3 Å². The molecule has 0 radical (unpaired) electrons. The Morgan fingerprint density at radius 1 is 1.47 bits per heavy atom. The number of carboxylic acid groups (broad SMARTS) is 1. The number of carbonyl (C=O) groups is 2.